The Morgan fingerprint density at radius 1 is 1.06 bits per heavy atom. The van der Waals surface area contributed by atoms with E-state index in [1.54, 1.807) is 7.11 Å². The van der Waals surface area contributed by atoms with Crippen molar-refractivity contribution >= 4 is 5.78 Å². The SMILES string of the molecule is CCc1ccc(CC2CCC3(CCC4CC5(C)C6(O)C(OC)CC(=O)C6C4C35C)C2)cc1. The quantitative estimate of drug-likeness (QED) is 0.690. The van der Waals surface area contributed by atoms with Gasteiger partial charge in [-0.15, -0.1) is 0 Å². The molecule has 1 spiro atoms. The van der Waals surface area contributed by atoms with Gasteiger partial charge in [-0.05, 0) is 91.1 Å². The van der Waals surface area contributed by atoms with Crippen molar-refractivity contribution in [3.8, 4) is 0 Å². The maximum absolute atomic E-state index is 13.3. The van der Waals surface area contributed by atoms with Crippen LogP contribution in [0.25, 0.3) is 0 Å². The minimum Gasteiger partial charge on any atom is -0.386 e. The van der Waals surface area contributed by atoms with E-state index < -0.39 is 5.60 Å². The van der Waals surface area contributed by atoms with Crippen LogP contribution in [0.15, 0.2) is 24.3 Å². The lowest BCUT2D eigenvalue weighted by atomic mass is 9.48. The number of methoxy groups -OCH3 is 1. The van der Waals surface area contributed by atoms with Gasteiger partial charge in [-0.2, -0.15) is 0 Å². The summed E-state index contributed by atoms with van der Waals surface area (Å²) in [4.78, 5) is 13.3. The van der Waals surface area contributed by atoms with Crippen LogP contribution >= 0.6 is 0 Å². The van der Waals surface area contributed by atoms with Gasteiger partial charge in [0.05, 0.1) is 12.0 Å². The maximum atomic E-state index is 13.3. The molecule has 174 valence electrons. The van der Waals surface area contributed by atoms with Gasteiger partial charge in [-0.1, -0.05) is 45.0 Å². The monoisotopic (exact) mass is 436 g/mol. The third-order valence-electron chi connectivity index (χ3n) is 12.0. The first-order chi connectivity index (χ1) is 15.2. The van der Waals surface area contributed by atoms with Crippen molar-refractivity contribution in [2.45, 2.75) is 90.3 Å². The number of carbonyl (C=O) groups excluding carboxylic acids is 1. The van der Waals surface area contributed by atoms with Crippen molar-refractivity contribution in [2.24, 2.45) is 39.9 Å². The van der Waals surface area contributed by atoms with Crippen LogP contribution in [0.1, 0.15) is 76.8 Å². The van der Waals surface area contributed by atoms with E-state index in [0.717, 1.165) is 12.8 Å². The van der Waals surface area contributed by atoms with E-state index in [1.165, 1.54) is 49.7 Å². The molecular formula is C29H40O3. The molecule has 0 aromatic heterocycles. The minimum atomic E-state index is -0.986. The van der Waals surface area contributed by atoms with E-state index in [-0.39, 0.29) is 34.1 Å². The molecule has 0 amide bonds. The van der Waals surface area contributed by atoms with Crippen LogP contribution < -0.4 is 0 Å². The van der Waals surface area contributed by atoms with Gasteiger partial charge >= 0.3 is 0 Å². The van der Waals surface area contributed by atoms with Crippen LogP contribution in [0.5, 0.6) is 0 Å². The summed E-state index contributed by atoms with van der Waals surface area (Å²) in [7, 11) is 1.69. The predicted octanol–water partition coefficient (Wildman–Crippen LogP) is 5.37. The minimum absolute atomic E-state index is 0.0238. The number of Topliss-reactive ketones (excluding diaryl/α,β-unsaturated/α-hetero) is 1. The molecule has 32 heavy (non-hydrogen) atoms. The van der Waals surface area contributed by atoms with E-state index in [4.69, 9.17) is 4.74 Å². The molecule has 9 unspecified atom stereocenters. The van der Waals surface area contributed by atoms with Gasteiger partial charge in [0, 0.05) is 18.9 Å². The molecule has 4 bridgehead atoms. The van der Waals surface area contributed by atoms with Crippen LogP contribution in [0.2, 0.25) is 0 Å². The average Bonchev–Trinajstić information content (AvgIpc) is 3.40. The van der Waals surface area contributed by atoms with Gasteiger partial charge in [0.15, 0.2) is 0 Å². The number of hydrogen-bond donors (Lipinski definition) is 1. The zero-order chi connectivity index (χ0) is 22.5. The van der Waals surface area contributed by atoms with Crippen molar-refractivity contribution in [3.63, 3.8) is 0 Å². The van der Waals surface area contributed by atoms with E-state index in [1.807, 2.05) is 0 Å². The largest absolute Gasteiger partial charge is 0.386 e. The van der Waals surface area contributed by atoms with E-state index in [2.05, 4.69) is 45.0 Å². The Hall–Kier alpha value is -1.19. The standard InChI is InChI=1S/C29H40O3/c1-5-18-6-8-19(9-7-18)14-20-10-12-28(16-20)13-11-21-17-26(2)27(28,3)24(21)25-22(30)15-23(32-4)29(25,26)31/h6-9,20-21,23-25,31H,5,10-17H2,1-4H3. The highest BCUT2D eigenvalue weighted by Gasteiger charge is 2.86. The topological polar surface area (TPSA) is 46.5 Å². The summed E-state index contributed by atoms with van der Waals surface area (Å²) in [5, 5.41) is 12.3. The summed E-state index contributed by atoms with van der Waals surface area (Å²) in [6, 6.07) is 9.24. The molecule has 5 aliphatic carbocycles. The Labute approximate surface area is 193 Å². The Bertz CT molecular complexity index is 938. The molecule has 1 aromatic carbocycles. The van der Waals surface area contributed by atoms with Crippen LogP contribution in [0.3, 0.4) is 0 Å². The molecular weight excluding hydrogens is 396 g/mol. The van der Waals surface area contributed by atoms with Gasteiger partial charge in [0.1, 0.15) is 11.4 Å². The number of hydrogen-bond acceptors (Lipinski definition) is 3. The number of fused-ring (bicyclic) bond motifs is 2. The summed E-state index contributed by atoms with van der Waals surface area (Å²) in [6.07, 6.45) is 9.71. The third kappa shape index (κ3) is 2.24. The zero-order valence-electron chi connectivity index (χ0n) is 20.3. The van der Waals surface area contributed by atoms with Crippen molar-refractivity contribution in [1.29, 1.82) is 0 Å². The lowest BCUT2D eigenvalue weighted by molar-refractivity contribution is -0.186. The number of benzene rings is 1. The molecule has 5 aliphatic rings. The molecule has 0 heterocycles. The lowest BCUT2D eigenvalue weighted by Crippen LogP contribution is -2.58. The second-order valence-corrected chi connectivity index (χ2v) is 12.5. The molecule has 0 radical (unpaired) electrons. The van der Waals surface area contributed by atoms with Crippen LogP contribution in [-0.2, 0) is 22.4 Å². The van der Waals surface area contributed by atoms with E-state index in [0.29, 0.717) is 24.2 Å². The van der Waals surface area contributed by atoms with E-state index in [9.17, 15) is 9.90 Å². The van der Waals surface area contributed by atoms with Gasteiger partial charge in [-0.25, -0.2) is 0 Å². The molecule has 1 aromatic rings. The second-order valence-electron chi connectivity index (χ2n) is 12.5. The highest BCUT2D eigenvalue weighted by atomic mass is 16.5. The van der Waals surface area contributed by atoms with Crippen LogP contribution in [0, 0.1) is 39.9 Å². The lowest BCUT2D eigenvalue weighted by Gasteiger charge is -2.57. The second kappa shape index (κ2) is 6.69. The van der Waals surface area contributed by atoms with Crippen LogP contribution in [0.4, 0.5) is 0 Å². The summed E-state index contributed by atoms with van der Waals surface area (Å²) in [5.74, 6) is 1.70. The summed E-state index contributed by atoms with van der Waals surface area (Å²) < 4.78 is 5.81. The Morgan fingerprint density at radius 2 is 1.75 bits per heavy atom. The van der Waals surface area contributed by atoms with Gasteiger partial charge in [0.2, 0.25) is 0 Å². The number of ketones is 1. The Kier molecular flexibility index (Phi) is 4.46. The molecule has 0 saturated heterocycles. The fraction of sp³-hybridized carbons (Fsp3) is 0.759. The molecule has 0 aliphatic heterocycles. The van der Waals surface area contributed by atoms with Crippen molar-refractivity contribution in [1.82, 2.24) is 0 Å². The number of ether oxygens (including phenoxy) is 1. The van der Waals surface area contributed by atoms with E-state index >= 15 is 0 Å². The molecule has 9 atom stereocenters. The summed E-state index contributed by atoms with van der Waals surface area (Å²) in [6.45, 7) is 7.05. The van der Waals surface area contributed by atoms with Crippen molar-refractivity contribution in [3.05, 3.63) is 35.4 Å². The smallest absolute Gasteiger partial charge is 0.141 e. The van der Waals surface area contributed by atoms with Crippen molar-refractivity contribution < 1.29 is 14.6 Å². The highest BCUT2D eigenvalue weighted by Crippen LogP contribution is 2.85. The predicted molar refractivity (Wildman–Crippen MR) is 125 cm³/mol. The summed E-state index contributed by atoms with van der Waals surface area (Å²) >= 11 is 0. The number of carbonyl (C=O) groups is 1. The molecule has 3 heteroatoms. The van der Waals surface area contributed by atoms with Gasteiger partial charge in [-0.3, -0.25) is 4.79 Å². The number of aliphatic hydroxyl groups is 1. The third-order valence-corrected chi connectivity index (χ3v) is 12.0. The van der Waals surface area contributed by atoms with Gasteiger partial charge < -0.3 is 9.84 Å². The molecule has 3 nitrogen and oxygen atoms in total. The molecule has 5 fully saturated rings. The Morgan fingerprint density at radius 3 is 2.44 bits per heavy atom. The molecule has 6 rings (SSSR count). The molecule has 5 saturated carbocycles. The maximum Gasteiger partial charge on any atom is 0.141 e. The molecule has 1 N–H and O–H groups in total. The van der Waals surface area contributed by atoms with Gasteiger partial charge in [0.25, 0.3) is 0 Å². The highest BCUT2D eigenvalue weighted by molar-refractivity contribution is 5.88. The first-order valence-corrected chi connectivity index (χ1v) is 13.1. The van der Waals surface area contributed by atoms with Crippen molar-refractivity contribution in [2.75, 3.05) is 7.11 Å². The first kappa shape index (κ1) is 21.4. The van der Waals surface area contributed by atoms with Crippen LogP contribution in [-0.4, -0.2) is 29.7 Å². The normalized spacial score (nSPS) is 51.0. The fourth-order valence-corrected chi connectivity index (χ4v) is 10.5. The summed E-state index contributed by atoms with van der Waals surface area (Å²) in [5.41, 5.74) is 1.94. The zero-order valence-corrected chi connectivity index (χ0v) is 20.3. The average molecular weight is 437 g/mol. The number of rotatable bonds is 4. The first-order valence-electron chi connectivity index (χ1n) is 13.1. The number of aryl methyl sites for hydroxylation is 1. The fourth-order valence-electron chi connectivity index (χ4n) is 10.5. The Balaban J connectivity index is 1.34.